The number of aromatic amines is 1. The number of benzene rings is 1. The zero-order valence-corrected chi connectivity index (χ0v) is 15.6. The Labute approximate surface area is 159 Å². The van der Waals surface area contributed by atoms with Gasteiger partial charge in [-0.05, 0) is 31.2 Å². The first-order chi connectivity index (χ1) is 13.2. The Morgan fingerprint density at radius 3 is 2.52 bits per heavy atom. The van der Waals surface area contributed by atoms with E-state index in [9.17, 15) is 9.59 Å². The van der Waals surface area contributed by atoms with Crippen LogP contribution in [0.2, 0.25) is 0 Å². The molecule has 27 heavy (non-hydrogen) atoms. The van der Waals surface area contributed by atoms with Crippen LogP contribution in [0.4, 0.5) is 0 Å². The van der Waals surface area contributed by atoms with E-state index in [-0.39, 0.29) is 23.4 Å². The summed E-state index contributed by atoms with van der Waals surface area (Å²) < 4.78 is 0. The highest BCUT2D eigenvalue weighted by atomic mass is 16.2. The van der Waals surface area contributed by atoms with Crippen molar-refractivity contribution >= 4 is 5.91 Å². The Hall–Kier alpha value is -2.43. The fourth-order valence-electron chi connectivity index (χ4n) is 4.13. The lowest BCUT2D eigenvalue weighted by molar-refractivity contribution is -0.125. The van der Waals surface area contributed by atoms with Crippen molar-refractivity contribution < 1.29 is 4.79 Å². The quantitative estimate of drug-likeness (QED) is 0.821. The molecule has 2 aliphatic rings. The van der Waals surface area contributed by atoms with Gasteiger partial charge >= 0.3 is 0 Å². The van der Waals surface area contributed by atoms with Crippen LogP contribution < -0.4 is 10.9 Å². The number of hydrogen-bond acceptors (Lipinski definition) is 3. The normalized spacial score (nSPS) is 18.8. The summed E-state index contributed by atoms with van der Waals surface area (Å²) in [5, 5.41) is 3.23. The summed E-state index contributed by atoms with van der Waals surface area (Å²) in [5.74, 6) is 1.43. The molecule has 1 aromatic carbocycles. The Morgan fingerprint density at radius 1 is 1.11 bits per heavy atom. The number of rotatable bonds is 6. The van der Waals surface area contributed by atoms with E-state index in [4.69, 9.17) is 4.98 Å². The van der Waals surface area contributed by atoms with E-state index < -0.39 is 0 Å². The molecule has 0 bridgehead atoms. The van der Waals surface area contributed by atoms with E-state index >= 15 is 0 Å². The predicted octanol–water partition coefficient (Wildman–Crippen LogP) is 3.63. The monoisotopic (exact) mass is 365 g/mol. The van der Waals surface area contributed by atoms with Crippen molar-refractivity contribution in [2.24, 2.45) is 5.92 Å². The second-order valence-corrected chi connectivity index (χ2v) is 7.91. The third kappa shape index (κ3) is 4.29. The van der Waals surface area contributed by atoms with Crippen LogP contribution in [0.1, 0.15) is 74.0 Å². The van der Waals surface area contributed by atoms with Gasteiger partial charge in [0, 0.05) is 24.3 Å². The Bertz CT molecular complexity index is 836. The summed E-state index contributed by atoms with van der Waals surface area (Å²) in [5.41, 5.74) is 1.70. The van der Waals surface area contributed by atoms with E-state index in [0.717, 1.165) is 55.6 Å². The molecule has 1 aromatic heterocycles. The number of aromatic nitrogens is 2. The first-order valence-electron chi connectivity index (χ1n) is 10.1. The summed E-state index contributed by atoms with van der Waals surface area (Å²) in [6.45, 7) is 0. The molecule has 2 saturated carbocycles. The number of H-pyrrole nitrogens is 1. The fourth-order valence-corrected chi connectivity index (χ4v) is 4.13. The topological polar surface area (TPSA) is 74.8 Å². The summed E-state index contributed by atoms with van der Waals surface area (Å²) in [6, 6.07) is 11.4. The smallest absolute Gasteiger partial charge is 0.251 e. The molecule has 5 nitrogen and oxygen atoms in total. The fraction of sp³-hybridized carbons (Fsp3) is 0.500. The Kier molecular flexibility index (Phi) is 5.37. The van der Waals surface area contributed by atoms with Crippen LogP contribution in [-0.4, -0.2) is 15.9 Å². The highest BCUT2D eigenvalue weighted by molar-refractivity contribution is 5.79. The predicted molar refractivity (Wildman–Crippen MR) is 104 cm³/mol. The third-order valence-electron chi connectivity index (χ3n) is 5.96. The van der Waals surface area contributed by atoms with Crippen molar-refractivity contribution in [2.45, 2.75) is 63.3 Å². The van der Waals surface area contributed by atoms with Crippen molar-refractivity contribution in [3.63, 3.8) is 0 Å². The van der Waals surface area contributed by atoms with Gasteiger partial charge in [-0.15, -0.1) is 0 Å². The van der Waals surface area contributed by atoms with Gasteiger partial charge in [0.25, 0.3) is 5.56 Å². The molecule has 0 radical (unpaired) electrons. The molecule has 1 atom stereocenters. The zero-order chi connectivity index (χ0) is 18.6. The lowest BCUT2D eigenvalue weighted by Gasteiger charge is -2.25. The number of carbonyl (C=O) groups excluding carboxylic acids is 1. The molecule has 1 amide bonds. The molecule has 5 heteroatoms. The molecule has 1 unspecified atom stereocenters. The van der Waals surface area contributed by atoms with Crippen LogP contribution >= 0.6 is 0 Å². The summed E-state index contributed by atoms with van der Waals surface area (Å²) in [4.78, 5) is 32.5. The molecule has 1 heterocycles. The molecule has 2 aliphatic carbocycles. The van der Waals surface area contributed by atoms with Crippen molar-refractivity contribution in [3.8, 4) is 0 Å². The van der Waals surface area contributed by atoms with Gasteiger partial charge in [-0.3, -0.25) is 9.59 Å². The number of hydrogen-bond donors (Lipinski definition) is 2. The maximum Gasteiger partial charge on any atom is 0.251 e. The van der Waals surface area contributed by atoms with E-state index in [1.54, 1.807) is 6.07 Å². The molecule has 0 spiro atoms. The molecule has 0 saturated heterocycles. The van der Waals surface area contributed by atoms with Gasteiger partial charge in [-0.25, -0.2) is 4.98 Å². The Balaban J connectivity index is 1.56. The summed E-state index contributed by atoms with van der Waals surface area (Å²) >= 11 is 0. The van der Waals surface area contributed by atoms with Crippen molar-refractivity contribution in [3.05, 3.63) is 63.8 Å². The molecule has 0 aliphatic heterocycles. The van der Waals surface area contributed by atoms with Gasteiger partial charge in [0.05, 0.1) is 11.7 Å². The number of carbonyl (C=O) groups is 1. The van der Waals surface area contributed by atoms with Crippen LogP contribution in [0.25, 0.3) is 0 Å². The highest BCUT2D eigenvalue weighted by Gasteiger charge is 2.26. The maximum atomic E-state index is 12.7. The van der Waals surface area contributed by atoms with Gasteiger partial charge in [0.1, 0.15) is 5.82 Å². The minimum atomic E-state index is -0.164. The van der Waals surface area contributed by atoms with E-state index in [1.165, 1.54) is 6.42 Å². The maximum absolute atomic E-state index is 12.7. The average Bonchev–Trinajstić information content (AvgIpc) is 3.15. The lowest BCUT2D eigenvalue weighted by atomic mass is 9.85. The van der Waals surface area contributed by atoms with Crippen LogP contribution in [0.5, 0.6) is 0 Å². The molecule has 2 fully saturated rings. The summed E-state index contributed by atoms with van der Waals surface area (Å²) in [6.07, 6.45) is 8.13. The van der Waals surface area contributed by atoms with Crippen molar-refractivity contribution in [1.29, 1.82) is 0 Å². The van der Waals surface area contributed by atoms with Gasteiger partial charge in [0.2, 0.25) is 5.91 Å². The average molecular weight is 365 g/mol. The van der Waals surface area contributed by atoms with Crippen LogP contribution in [-0.2, 0) is 11.2 Å². The van der Waals surface area contributed by atoms with E-state index in [2.05, 4.69) is 10.3 Å². The number of nitrogens with zero attached hydrogens (tertiary/aromatic N) is 1. The molecule has 4 rings (SSSR count). The van der Waals surface area contributed by atoms with Gasteiger partial charge in [-0.1, -0.05) is 49.6 Å². The minimum absolute atomic E-state index is 0.101. The standard InChI is InChI=1S/C22H27N3O2/c26-20-14-18(23-21(25-20)16-11-6-12-16)13-19(15-7-2-1-3-8-15)24-22(27)17-9-4-5-10-17/h1-3,7-8,14,16-17,19H,4-6,9-13H2,(H,24,27)(H,23,25,26). The summed E-state index contributed by atoms with van der Waals surface area (Å²) in [7, 11) is 0. The number of nitrogens with one attached hydrogen (secondary N) is 2. The van der Waals surface area contributed by atoms with Gasteiger partial charge in [-0.2, -0.15) is 0 Å². The number of amides is 1. The zero-order valence-electron chi connectivity index (χ0n) is 15.6. The van der Waals surface area contributed by atoms with Gasteiger partial charge < -0.3 is 10.3 Å². The SMILES string of the molecule is O=C(NC(Cc1cc(=O)[nH]c(C2CCC2)n1)c1ccccc1)C1CCCC1. The lowest BCUT2D eigenvalue weighted by Crippen LogP contribution is -2.34. The largest absolute Gasteiger partial charge is 0.349 e. The van der Waals surface area contributed by atoms with Crippen LogP contribution in [0, 0.1) is 5.92 Å². The second-order valence-electron chi connectivity index (χ2n) is 7.91. The molecule has 2 aromatic rings. The molecule has 142 valence electrons. The van der Waals surface area contributed by atoms with Crippen LogP contribution in [0.15, 0.2) is 41.2 Å². The van der Waals surface area contributed by atoms with Crippen LogP contribution in [0.3, 0.4) is 0 Å². The molecular formula is C22H27N3O2. The van der Waals surface area contributed by atoms with E-state index in [0.29, 0.717) is 12.3 Å². The molecule has 2 N–H and O–H groups in total. The second kappa shape index (κ2) is 8.07. The first kappa shape index (κ1) is 18.0. The third-order valence-corrected chi connectivity index (χ3v) is 5.96. The minimum Gasteiger partial charge on any atom is -0.349 e. The highest BCUT2D eigenvalue weighted by Crippen LogP contribution is 2.34. The van der Waals surface area contributed by atoms with E-state index in [1.807, 2.05) is 30.3 Å². The van der Waals surface area contributed by atoms with Crippen molar-refractivity contribution in [2.75, 3.05) is 0 Å². The Morgan fingerprint density at radius 2 is 1.85 bits per heavy atom. The first-order valence-corrected chi connectivity index (χ1v) is 10.1. The van der Waals surface area contributed by atoms with Crippen molar-refractivity contribution in [1.82, 2.24) is 15.3 Å². The molecular weight excluding hydrogens is 338 g/mol. The van der Waals surface area contributed by atoms with Gasteiger partial charge in [0.15, 0.2) is 0 Å².